The van der Waals surface area contributed by atoms with Crippen LogP contribution in [0.4, 0.5) is 11.4 Å². The molecule has 18 heavy (non-hydrogen) atoms. The Morgan fingerprint density at radius 3 is 2.83 bits per heavy atom. The zero-order valence-corrected chi connectivity index (χ0v) is 10.1. The first-order valence-corrected chi connectivity index (χ1v) is 5.39. The molecule has 0 radical (unpaired) electrons. The van der Waals surface area contributed by atoms with Gasteiger partial charge in [-0.3, -0.25) is 9.78 Å². The lowest BCUT2D eigenvalue weighted by Crippen LogP contribution is -2.16. The zero-order valence-electron chi connectivity index (χ0n) is 10.1. The van der Waals surface area contributed by atoms with Gasteiger partial charge in [-0.2, -0.15) is 10.2 Å². The van der Waals surface area contributed by atoms with Gasteiger partial charge >= 0.3 is 0 Å². The summed E-state index contributed by atoms with van der Waals surface area (Å²) in [6.07, 6.45) is 3.05. The van der Waals surface area contributed by atoms with Gasteiger partial charge in [-0.25, -0.2) is 0 Å². The molecule has 2 aromatic rings. The first-order chi connectivity index (χ1) is 8.58. The highest BCUT2D eigenvalue weighted by molar-refractivity contribution is 6.06. The number of nitrogens with two attached hydrogens (primary N) is 1. The fraction of sp³-hybridized carbons (Fsp3) is 0.167. The SMILES string of the molecule is Cc1cc(C(=O)Nc2ccncc2N)c(C)nn1. The van der Waals surface area contributed by atoms with E-state index in [9.17, 15) is 4.79 Å². The average molecular weight is 243 g/mol. The molecule has 0 spiro atoms. The monoisotopic (exact) mass is 243 g/mol. The van der Waals surface area contributed by atoms with Gasteiger partial charge in [0.05, 0.1) is 34.5 Å². The maximum atomic E-state index is 12.1. The molecule has 92 valence electrons. The number of pyridine rings is 1. The summed E-state index contributed by atoms with van der Waals surface area (Å²) in [5, 5.41) is 10.5. The number of hydrogen-bond donors (Lipinski definition) is 2. The van der Waals surface area contributed by atoms with Crippen molar-refractivity contribution in [2.45, 2.75) is 13.8 Å². The Morgan fingerprint density at radius 2 is 2.11 bits per heavy atom. The van der Waals surface area contributed by atoms with Crippen molar-refractivity contribution in [2.24, 2.45) is 0 Å². The quantitative estimate of drug-likeness (QED) is 0.829. The number of amides is 1. The minimum absolute atomic E-state index is 0.261. The largest absolute Gasteiger partial charge is 0.396 e. The Hall–Kier alpha value is -2.50. The number of hydrogen-bond acceptors (Lipinski definition) is 5. The van der Waals surface area contributed by atoms with Crippen LogP contribution in [-0.2, 0) is 0 Å². The maximum Gasteiger partial charge on any atom is 0.257 e. The second-order valence-corrected chi connectivity index (χ2v) is 3.90. The number of carbonyl (C=O) groups excluding carboxylic acids is 1. The number of anilines is 2. The maximum absolute atomic E-state index is 12.1. The minimum Gasteiger partial charge on any atom is -0.396 e. The zero-order chi connectivity index (χ0) is 13.1. The van der Waals surface area contributed by atoms with Gasteiger partial charge in [0.2, 0.25) is 0 Å². The number of rotatable bonds is 2. The molecule has 2 aromatic heterocycles. The van der Waals surface area contributed by atoms with E-state index in [1.54, 1.807) is 32.2 Å². The van der Waals surface area contributed by atoms with E-state index in [0.29, 0.717) is 28.3 Å². The van der Waals surface area contributed by atoms with Crippen LogP contribution >= 0.6 is 0 Å². The van der Waals surface area contributed by atoms with E-state index >= 15 is 0 Å². The molecule has 0 unspecified atom stereocenters. The summed E-state index contributed by atoms with van der Waals surface area (Å²) in [5.74, 6) is -0.261. The molecule has 6 heteroatoms. The Balaban J connectivity index is 2.28. The molecule has 3 N–H and O–H groups in total. The second kappa shape index (κ2) is 4.79. The molecule has 0 fully saturated rings. The lowest BCUT2D eigenvalue weighted by atomic mass is 10.2. The molecular weight excluding hydrogens is 230 g/mol. The van der Waals surface area contributed by atoms with Gasteiger partial charge in [0.1, 0.15) is 0 Å². The summed E-state index contributed by atoms with van der Waals surface area (Å²) in [4.78, 5) is 15.9. The summed E-state index contributed by atoms with van der Waals surface area (Å²) < 4.78 is 0. The van der Waals surface area contributed by atoms with E-state index in [1.165, 1.54) is 6.20 Å². The van der Waals surface area contributed by atoms with Crippen molar-refractivity contribution in [1.82, 2.24) is 15.2 Å². The van der Waals surface area contributed by atoms with Gasteiger partial charge in [0.15, 0.2) is 0 Å². The highest BCUT2D eigenvalue weighted by Crippen LogP contribution is 2.17. The molecule has 0 bridgehead atoms. The molecule has 2 heterocycles. The summed E-state index contributed by atoms with van der Waals surface area (Å²) in [5.41, 5.74) is 8.41. The third-order valence-corrected chi connectivity index (χ3v) is 2.45. The lowest BCUT2D eigenvalue weighted by molar-refractivity contribution is 0.102. The fourth-order valence-corrected chi connectivity index (χ4v) is 1.49. The molecule has 0 aliphatic carbocycles. The Kier molecular flexibility index (Phi) is 3.18. The Labute approximate surface area is 104 Å². The van der Waals surface area contributed by atoms with Crippen LogP contribution in [0.2, 0.25) is 0 Å². The van der Waals surface area contributed by atoms with Gasteiger partial charge < -0.3 is 11.1 Å². The molecule has 2 rings (SSSR count). The van der Waals surface area contributed by atoms with Crippen LogP contribution in [0.1, 0.15) is 21.7 Å². The van der Waals surface area contributed by atoms with Crippen molar-refractivity contribution < 1.29 is 4.79 Å². The topological polar surface area (TPSA) is 93.8 Å². The molecule has 0 aromatic carbocycles. The predicted molar refractivity (Wildman–Crippen MR) is 68.1 cm³/mol. The average Bonchev–Trinajstić information content (AvgIpc) is 2.35. The Morgan fingerprint density at radius 1 is 1.33 bits per heavy atom. The highest BCUT2D eigenvalue weighted by Gasteiger charge is 2.12. The standard InChI is InChI=1S/C12H13N5O/c1-7-5-9(8(2)17-16-7)12(18)15-11-3-4-14-6-10(11)13/h3-6H,13H2,1-2H3,(H,14,15,18). The van der Waals surface area contributed by atoms with Crippen LogP contribution in [0.15, 0.2) is 24.5 Å². The fourth-order valence-electron chi connectivity index (χ4n) is 1.49. The van der Waals surface area contributed by atoms with E-state index in [2.05, 4.69) is 20.5 Å². The van der Waals surface area contributed by atoms with Crippen LogP contribution in [0.25, 0.3) is 0 Å². The van der Waals surface area contributed by atoms with Gasteiger partial charge in [0.25, 0.3) is 5.91 Å². The predicted octanol–water partition coefficient (Wildman–Crippen LogP) is 1.32. The van der Waals surface area contributed by atoms with Gasteiger partial charge in [-0.1, -0.05) is 0 Å². The lowest BCUT2D eigenvalue weighted by Gasteiger charge is -2.08. The van der Waals surface area contributed by atoms with E-state index in [0.717, 1.165) is 0 Å². The number of nitrogens with one attached hydrogen (secondary N) is 1. The van der Waals surface area contributed by atoms with Crippen LogP contribution in [-0.4, -0.2) is 21.1 Å². The van der Waals surface area contributed by atoms with Gasteiger partial charge in [-0.05, 0) is 26.0 Å². The van der Waals surface area contributed by atoms with Crippen LogP contribution in [0.5, 0.6) is 0 Å². The third-order valence-electron chi connectivity index (χ3n) is 2.45. The van der Waals surface area contributed by atoms with Crippen LogP contribution in [0.3, 0.4) is 0 Å². The number of aryl methyl sites for hydroxylation is 2. The van der Waals surface area contributed by atoms with E-state index in [4.69, 9.17) is 5.73 Å². The summed E-state index contributed by atoms with van der Waals surface area (Å²) in [7, 11) is 0. The number of nitrogen functional groups attached to an aromatic ring is 1. The number of nitrogens with zero attached hydrogens (tertiary/aromatic N) is 3. The Bertz CT molecular complexity index is 597. The summed E-state index contributed by atoms with van der Waals surface area (Å²) in [6.45, 7) is 3.52. The van der Waals surface area contributed by atoms with E-state index < -0.39 is 0 Å². The van der Waals surface area contributed by atoms with Gasteiger partial charge in [0, 0.05) is 6.20 Å². The highest BCUT2D eigenvalue weighted by atomic mass is 16.1. The summed E-state index contributed by atoms with van der Waals surface area (Å²) in [6, 6.07) is 3.33. The summed E-state index contributed by atoms with van der Waals surface area (Å²) >= 11 is 0. The van der Waals surface area contributed by atoms with Crippen molar-refractivity contribution in [3.8, 4) is 0 Å². The molecule has 0 aliphatic heterocycles. The van der Waals surface area contributed by atoms with E-state index in [-0.39, 0.29) is 5.91 Å². The van der Waals surface area contributed by atoms with Crippen molar-refractivity contribution >= 4 is 17.3 Å². The smallest absolute Gasteiger partial charge is 0.257 e. The van der Waals surface area contributed by atoms with Crippen LogP contribution in [0, 0.1) is 13.8 Å². The minimum atomic E-state index is -0.261. The normalized spacial score (nSPS) is 10.1. The van der Waals surface area contributed by atoms with Gasteiger partial charge in [-0.15, -0.1) is 0 Å². The van der Waals surface area contributed by atoms with Crippen molar-refractivity contribution in [3.63, 3.8) is 0 Å². The first kappa shape index (κ1) is 12.0. The number of aromatic nitrogens is 3. The van der Waals surface area contributed by atoms with Crippen molar-refractivity contribution in [2.75, 3.05) is 11.1 Å². The first-order valence-electron chi connectivity index (χ1n) is 5.39. The van der Waals surface area contributed by atoms with E-state index in [1.807, 2.05) is 0 Å². The molecule has 0 aliphatic rings. The number of carbonyl (C=O) groups is 1. The molecule has 6 nitrogen and oxygen atoms in total. The van der Waals surface area contributed by atoms with Crippen molar-refractivity contribution in [3.05, 3.63) is 41.5 Å². The molecule has 0 saturated carbocycles. The molecule has 0 atom stereocenters. The molecule has 0 saturated heterocycles. The second-order valence-electron chi connectivity index (χ2n) is 3.90. The van der Waals surface area contributed by atoms with Crippen LogP contribution < -0.4 is 11.1 Å². The molecular formula is C12H13N5O. The third kappa shape index (κ3) is 2.42. The molecule has 1 amide bonds. The van der Waals surface area contributed by atoms with Crippen molar-refractivity contribution in [1.29, 1.82) is 0 Å².